The smallest absolute Gasteiger partial charge is 0.223 e. The highest BCUT2D eigenvalue weighted by molar-refractivity contribution is 5.79. The summed E-state index contributed by atoms with van der Waals surface area (Å²) in [7, 11) is 0. The molecule has 0 aromatic rings. The fourth-order valence-electron chi connectivity index (χ4n) is 3.86. The molecule has 0 aliphatic heterocycles. The molecule has 110 valence electrons. The summed E-state index contributed by atoms with van der Waals surface area (Å²) in [6.07, 6.45) is 10.7. The fraction of sp³-hybridized carbons (Fsp3) is 0.938. The summed E-state index contributed by atoms with van der Waals surface area (Å²) in [5.41, 5.74) is 5.65. The molecule has 2 fully saturated rings. The first-order valence-corrected chi connectivity index (χ1v) is 8.21. The van der Waals surface area contributed by atoms with E-state index in [9.17, 15) is 4.79 Å². The molecule has 3 N–H and O–H groups in total. The van der Waals surface area contributed by atoms with Crippen molar-refractivity contribution in [1.82, 2.24) is 5.32 Å². The van der Waals surface area contributed by atoms with Gasteiger partial charge in [-0.15, -0.1) is 0 Å². The van der Waals surface area contributed by atoms with Crippen LogP contribution in [0.4, 0.5) is 0 Å². The lowest BCUT2D eigenvalue weighted by atomic mass is 9.79. The molecule has 2 aliphatic rings. The lowest BCUT2D eigenvalue weighted by molar-refractivity contribution is -0.127. The summed E-state index contributed by atoms with van der Waals surface area (Å²) >= 11 is 0. The van der Waals surface area contributed by atoms with Crippen molar-refractivity contribution < 1.29 is 4.79 Å². The van der Waals surface area contributed by atoms with E-state index in [0.717, 1.165) is 25.8 Å². The molecule has 2 saturated carbocycles. The van der Waals surface area contributed by atoms with Crippen LogP contribution < -0.4 is 11.1 Å². The molecule has 0 radical (unpaired) electrons. The average molecular weight is 266 g/mol. The van der Waals surface area contributed by atoms with Crippen LogP contribution in [0.3, 0.4) is 0 Å². The van der Waals surface area contributed by atoms with E-state index in [1.165, 1.54) is 38.5 Å². The average Bonchev–Trinajstić information content (AvgIpc) is 2.42. The van der Waals surface area contributed by atoms with Crippen LogP contribution in [-0.4, -0.2) is 18.5 Å². The quantitative estimate of drug-likeness (QED) is 0.822. The van der Waals surface area contributed by atoms with Crippen molar-refractivity contribution in [3.05, 3.63) is 0 Å². The number of nitrogens with one attached hydrogen (secondary N) is 1. The van der Waals surface area contributed by atoms with Crippen LogP contribution in [0, 0.1) is 17.8 Å². The molecule has 0 heterocycles. The molecule has 0 aromatic heterocycles. The fourth-order valence-corrected chi connectivity index (χ4v) is 3.86. The number of rotatable bonds is 4. The molecule has 2 aliphatic carbocycles. The van der Waals surface area contributed by atoms with Gasteiger partial charge >= 0.3 is 0 Å². The first kappa shape index (κ1) is 14.8. The number of hydrogen-bond donors (Lipinski definition) is 2. The molecule has 0 saturated heterocycles. The molecule has 0 bridgehead atoms. The Labute approximate surface area is 117 Å². The molecule has 1 amide bonds. The van der Waals surface area contributed by atoms with Crippen LogP contribution in [0.2, 0.25) is 0 Å². The molecule has 0 aromatic carbocycles. The maximum Gasteiger partial charge on any atom is 0.223 e. The molecule has 19 heavy (non-hydrogen) atoms. The van der Waals surface area contributed by atoms with E-state index in [-0.39, 0.29) is 5.92 Å². The third kappa shape index (κ3) is 4.20. The first-order valence-electron chi connectivity index (χ1n) is 8.21. The van der Waals surface area contributed by atoms with Crippen LogP contribution >= 0.6 is 0 Å². The van der Waals surface area contributed by atoms with Crippen molar-refractivity contribution in [3.8, 4) is 0 Å². The van der Waals surface area contributed by atoms with Gasteiger partial charge in [-0.2, -0.15) is 0 Å². The van der Waals surface area contributed by atoms with E-state index in [1.54, 1.807) is 0 Å². The molecule has 3 nitrogen and oxygen atoms in total. The van der Waals surface area contributed by atoms with Crippen LogP contribution in [0.5, 0.6) is 0 Å². The van der Waals surface area contributed by atoms with E-state index in [2.05, 4.69) is 12.2 Å². The predicted octanol–water partition coefficient (Wildman–Crippen LogP) is 2.84. The lowest BCUT2D eigenvalue weighted by Gasteiger charge is -2.33. The van der Waals surface area contributed by atoms with Crippen LogP contribution in [-0.2, 0) is 4.79 Å². The normalized spacial score (nSPS) is 35.9. The highest BCUT2D eigenvalue weighted by Crippen LogP contribution is 2.32. The number of carbonyl (C=O) groups is 1. The molecule has 2 rings (SSSR count). The van der Waals surface area contributed by atoms with Gasteiger partial charge in [0.15, 0.2) is 0 Å². The number of carbonyl (C=O) groups excluding carboxylic acids is 1. The van der Waals surface area contributed by atoms with E-state index >= 15 is 0 Å². The van der Waals surface area contributed by atoms with Gasteiger partial charge in [0.2, 0.25) is 5.91 Å². The van der Waals surface area contributed by atoms with E-state index in [0.29, 0.717) is 23.8 Å². The second-order valence-corrected chi connectivity index (χ2v) is 6.68. The zero-order valence-electron chi connectivity index (χ0n) is 12.4. The number of nitrogens with two attached hydrogens (primary N) is 1. The SMILES string of the molecule is CC1CCCCC1NC(=O)C1CCCC(CCN)C1. The summed E-state index contributed by atoms with van der Waals surface area (Å²) < 4.78 is 0. The summed E-state index contributed by atoms with van der Waals surface area (Å²) in [5.74, 6) is 1.90. The third-order valence-electron chi connectivity index (χ3n) is 5.17. The maximum absolute atomic E-state index is 12.4. The largest absolute Gasteiger partial charge is 0.353 e. The lowest BCUT2D eigenvalue weighted by Crippen LogP contribution is -2.44. The first-order chi connectivity index (χ1) is 9.20. The molecule has 4 unspecified atom stereocenters. The third-order valence-corrected chi connectivity index (χ3v) is 5.17. The van der Waals surface area contributed by atoms with Crippen molar-refractivity contribution >= 4 is 5.91 Å². The van der Waals surface area contributed by atoms with Crippen molar-refractivity contribution in [2.75, 3.05) is 6.54 Å². The van der Waals surface area contributed by atoms with E-state index < -0.39 is 0 Å². The minimum atomic E-state index is 0.249. The summed E-state index contributed by atoms with van der Waals surface area (Å²) in [6.45, 7) is 3.04. The van der Waals surface area contributed by atoms with E-state index in [4.69, 9.17) is 5.73 Å². The van der Waals surface area contributed by atoms with Crippen molar-refractivity contribution in [3.63, 3.8) is 0 Å². The maximum atomic E-state index is 12.4. The molecule has 3 heteroatoms. The summed E-state index contributed by atoms with van der Waals surface area (Å²) in [5, 5.41) is 3.33. The standard InChI is InChI=1S/C16H30N2O/c1-12-5-2-3-8-15(12)18-16(19)14-7-4-6-13(11-14)9-10-17/h12-15H,2-11,17H2,1H3,(H,18,19). The second-order valence-electron chi connectivity index (χ2n) is 6.68. The number of amides is 1. The topological polar surface area (TPSA) is 55.1 Å². The van der Waals surface area contributed by atoms with Gasteiger partial charge in [0, 0.05) is 12.0 Å². The Hall–Kier alpha value is -0.570. The Morgan fingerprint density at radius 2 is 1.95 bits per heavy atom. The molecular formula is C16H30N2O. The van der Waals surface area contributed by atoms with E-state index in [1.807, 2.05) is 0 Å². The summed E-state index contributed by atoms with van der Waals surface area (Å²) in [4.78, 5) is 12.4. The van der Waals surface area contributed by atoms with Crippen LogP contribution in [0.1, 0.15) is 64.7 Å². The highest BCUT2D eigenvalue weighted by atomic mass is 16.1. The zero-order chi connectivity index (χ0) is 13.7. The van der Waals surface area contributed by atoms with Gasteiger partial charge in [0.05, 0.1) is 0 Å². The van der Waals surface area contributed by atoms with Gasteiger partial charge < -0.3 is 11.1 Å². The minimum Gasteiger partial charge on any atom is -0.353 e. The molecule has 0 spiro atoms. The van der Waals surface area contributed by atoms with Gasteiger partial charge in [-0.1, -0.05) is 32.6 Å². The van der Waals surface area contributed by atoms with Gasteiger partial charge in [-0.25, -0.2) is 0 Å². The zero-order valence-corrected chi connectivity index (χ0v) is 12.4. The monoisotopic (exact) mass is 266 g/mol. The van der Waals surface area contributed by atoms with Gasteiger partial charge in [-0.05, 0) is 50.5 Å². The Bertz CT molecular complexity index is 290. The van der Waals surface area contributed by atoms with Crippen molar-refractivity contribution in [2.24, 2.45) is 23.5 Å². The Morgan fingerprint density at radius 3 is 2.68 bits per heavy atom. The second kappa shape index (κ2) is 7.28. The van der Waals surface area contributed by atoms with Crippen LogP contribution in [0.25, 0.3) is 0 Å². The van der Waals surface area contributed by atoms with Crippen LogP contribution in [0.15, 0.2) is 0 Å². The molecule has 4 atom stereocenters. The molecular weight excluding hydrogens is 236 g/mol. The Morgan fingerprint density at radius 1 is 1.16 bits per heavy atom. The summed E-state index contributed by atoms with van der Waals surface area (Å²) in [6, 6.07) is 0.427. The highest BCUT2D eigenvalue weighted by Gasteiger charge is 2.30. The Balaban J connectivity index is 1.81. The van der Waals surface area contributed by atoms with Crippen molar-refractivity contribution in [1.29, 1.82) is 0 Å². The van der Waals surface area contributed by atoms with Gasteiger partial charge in [0.25, 0.3) is 0 Å². The van der Waals surface area contributed by atoms with Gasteiger partial charge in [-0.3, -0.25) is 4.79 Å². The minimum absolute atomic E-state index is 0.249. The predicted molar refractivity (Wildman–Crippen MR) is 78.7 cm³/mol. The van der Waals surface area contributed by atoms with Gasteiger partial charge in [0.1, 0.15) is 0 Å². The Kier molecular flexibility index (Phi) is 5.68. The number of hydrogen-bond acceptors (Lipinski definition) is 2. The van der Waals surface area contributed by atoms with Crippen molar-refractivity contribution in [2.45, 2.75) is 70.8 Å².